The molecule has 4 N–H and O–H groups in total. The molecule has 1 aromatic rings. The Bertz CT molecular complexity index is 630. The van der Waals surface area contributed by atoms with Crippen LogP contribution in [0.2, 0.25) is 0 Å². The maximum absolute atomic E-state index is 11.9. The Morgan fingerprint density at radius 2 is 1.96 bits per heavy atom. The van der Waals surface area contributed by atoms with E-state index in [2.05, 4.69) is 10.6 Å². The molecule has 0 bridgehead atoms. The topological polar surface area (TPSA) is 93.5 Å². The molecule has 3 rings (SSSR count). The van der Waals surface area contributed by atoms with E-state index in [0.717, 1.165) is 43.5 Å². The van der Waals surface area contributed by atoms with Crippen molar-refractivity contribution in [1.29, 1.82) is 0 Å². The van der Waals surface area contributed by atoms with Gasteiger partial charge in [-0.3, -0.25) is 9.59 Å². The second-order valence-electron chi connectivity index (χ2n) is 7.49. The van der Waals surface area contributed by atoms with Crippen LogP contribution in [0.3, 0.4) is 0 Å². The zero-order valence-corrected chi connectivity index (χ0v) is 15.2. The van der Waals surface area contributed by atoms with Crippen molar-refractivity contribution in [2.75, 3.05) is 13.2 Å². The molecule has 0 aliphatic heterocycles. The van der Waals surface area contributed by atoms with Crippen LogP contribution in [0.15, 0.2) is 24.3 Å². The Morgan fingerprint density at radius 1 is 1.15 bits per heavy atom. The van der Waals surface area contributed by atoms with Gasteiger partial charge in [0.15, 0.2) is 6.61 Å². The van der Waals surface area contributed by atoms with Crippen molar-refractivity contribution in [1.82, 2.24) is 10.6 Å². The van der Waals surface area contributed by atoms with E-state index in [4.69, 9.17) is 10.5 Å². The molecule has 2 aliphatic rings. The van der Waals surface area contributed by atoms with Crippen LogP contribution in [0.4, 0.5) is 0 Å². The van der Waals surface area contributed by atoms with E-state index < -0.39 is 0 Å². The predicted octanol–water partition coefficient (Wildman–Crippen LogP) is 1.73. The smallest absolute Gasteiger partial charge is 0.257 e. The summed E-state index contributed by atoms with van der Waals surface area (Å²) in [5.41, 5.74) is 6.47. The first-order valence-electron chi connectivity index (χ1n) is 9.62. The van der Waals surface area contributed by atoms with Crippen molar-refractivity contribution in [3.63, 3.8) is 0 Å². The first kappa shape index (κ1) is 18.7. The summed E-state index contributed by atoms with van der Waals surface area (Å²) in [5.74, 6) is 1.09. The summed E-state index contributed by atoms with van der Waals surface area (Å²) < 4.78 is 5.72. The van der Waals surface area contributed by atoms with E-state index in [1.54, 1.807) is 0 Å². The van der Waals surface area contributed by atoms with Crippen LogP contribution in [0.5, 0.6) is 5.75 Å². The molecular formula is C20H29N3O3. The summed E-state index contributed by atoms with van der Waals surface area (Å²) in [4.78, 5) is 23.3. The third kappa shape index (κ3) is 5.73. The highest BCUT2D eigenvalue weighted by Crippen LogP contribution is 2.27. The van der Waals surface area contributed by atoms with E-state index >= 15 is 0 Å². The molecule has 2 atom stereocenters. The van der Waals surface area contributed by atoms with E-state index in [-0.39, 0.29) is 30.4 Å². The van der Waals surface area contributed by atoms with Crippen LogP contribution in [-0.4, -0.2) is 31.0 Å². The second kappa shape index (κ2) is 9.03. The molecule has 6 heteroatoms. The standard InChI is InChI=1S/C20H29N3O3/c21-20(25)15-5-3-6-17(10-15)22-12-16-4-1-2-7-18(16)26-13-19(24)23-11-14-8-9-14/h1-2,4,7,14-15,17,22H,3,5-6,8-13H2,(H2,21,25)(H,23,24). The first-order valence-corrected chi connectivity index (χ1v) is 9.62. The molecule has 6 nitrogen and oxygen atoms in total. The molecule has 0 spiro atoms. The number of primary amides is 1. The fourth-order valence-electron chi connectivity index (χ4n) is 3.45. The van der Waals surface area contributed by atoms with Gasteiger partial charge in [-0.05, 0) is 44.1 Å². The van der Waals surface area contributed by atoms with Crippen molar-refractivity contribution in [2.24, 2.45) is 17.6 Å². The Morgan fingerprint density at radius 3 is 2.73 bits per heavy atom. The third-order valence-corrected chi connectivity index (χ3v) is 5.27. The van der Waals surface area contributed by atoms with Crippen LogP contribution in [0.25, 0.3) is 0 Å². The molecule has 0 heterocycles. The minimum Gasteiger partial charge on any atom is -0.483 e. The largest absolute Gasteiger partial charge is 0.483 e. The molecule has 26 heavy (non-hydrogen) atoms. The predicted molar refractivity (Wildman–Crippen MR) is 99.5 cm³/mol. The van der Waals surface area contributed by atoms with E-state index in [1.165, 1.54) is 12.8 Å². The van der Waals surface area contributed by atoms with Crippen molar-refractivity contribution in [2.45, 2.75) is 51.1 Å². The lowest BCUT2D eigenvalue weighted by Crippen LogP contribution is -2.38. The van der Waals surface area contributed by atoms with Gasteiger partial charge < -0.3 is 21.1 Å². The SMILES string of the molecule is NC(=O)C1CCCC(NCc2ccccc2OCC(=O)NCC2CC2)C1. The molecular weight excluding hydrogens is 330 g/mol. The van der Waals surface area contributed by atoms with Crippen molar-refractivity contribution < 1.29 is 14.3 Å². The fraction of sp³-hybridized carbons (Fsp3) is 0.600. The molecule has 2 aliphatic carbocycles. The van der Waals surface area contributed by atoms with Gasteiger partial charge >= 0.3 is 0 Å². The van der Waals surface area contributed by atoms with Crippen molar-refractivity contribution in [3.8, 4) is 5.75 Å². The number of carbonyl (C=O) groups is 2. The van der Waals surface area contributed by atoms with Crippen molar-refractivity contribution >= 4 is 11.8 Å². The second-order valence-corrected chi connectivity index (χ2v) is 7.49. The molecule has 142 valence electrons. The monoisotopic (exact) mass is 359 g/mol. The number of nitrogens with two attached hydrogens (primary N) is 1. The molecule has 2 amide bonds. The quantitative estimate of drug-likeness (QED) is 0.626. The zero-order chi connectivity index (χ0) is 18.4. The summed E-state index contributed by atoms with van der Waals surface area (Å²) in [7, 11) is 0. The lowest BCUT2D eigenvalue weighted by atomic mass is 9.85. The number of amides is 2. The fourth-order valence-corrected chi connectivity index (χ4v) is 3.45. The molecule has 0 radical (unpaired) electrons. The van der Waals surface area contributed by atoms with E-state index in [1.807, 2.05) is 24.3 Å². The van der Waals surface area contributed by atoms with Gasteiger partial charge in [0.25, 0.3) is 5.91 Å². The van der Waals surface area contributed by atoms with Crippen LogP contribution >= 0.6 is 0 Å². The number of nitrogens with one attached hydrogen (secondary N) is 2. The van der Waals surface area contributed by atoms with Gasteiger partial charge in [0.05, 0.1) is 0 Å². The molecule has 2 saturated carbocycles. The van der Waals surface area contributed by atoms with Crippen molar-refractivity contribution in [3.05, 3.63) is 29.8 Å². The highest BCUT2D eigenvalue weighted by atomic mass is 16.5. The summed E-state index contributed by atoms with van der Waals surface area (Å²) in [6, 6.07) is 8.04. The minimum absolute atomic E-state index is 0.0251. The maximum atomic E-state index is 11.9. The Kier molecular flexibility index (Phi) is 6.50. The summed E-state index contributed by atoms with van der Waals surface area (Å²) >= 11 is 0. The van der Waals surface area contributed by atoms with Gasteiger partial charge in [-0.25, -0.2) is 0 Å². The van der Waals surface area contributed by atoms with Gasteiger partial charge in [-0.15, -0.1) is 0 Å². The van der Waals surface area contributed by atoms with Gasteiger partial charge in [-0.2, -0.15) is 0 Å². The Hall–Kier alpha value is -2.08. The summed E-state index contributed by atoms with van der Waals surface area (Å²) in [6.07, 6.45) is 6.19. The van der Waals surface area contributed by atoms with Gasteiger partial charge in [0.1, 0.15) is 5.75 Å². The highest BCUT2D eigenvalue weighted by molar-refractivity contribution is 5.77. The molecule has 2 unspecified atom stereocenters. The number of para-hydroxylation sites is 1. The zero-order valence-electron chi connectivity index (χ0n) is 15.2. The summed E-state index contributed by atoms with van der Waals surface area (Å²) in [5, 5.41) is 6.42. The number of hydrogen-bond donors (Lipinski definition) is 3. The molecule has 0 saturated heterocycles. The van der Waals surface area contributed by atoms with E-state index in [0.29, 0.717) is 12.5 Å². The third-order valence-electron chi connectivity index (χ3n) is 5.27. The maximum Gasteiger partial charge on any atom is 0.257 e. The molecule has 2 fully saturated rings. The van der Waals surface area contributed by atoms with Crippen LogP contribution in [0, 0.1) is 11.8 Å². The summed E-state index contributed by atoms with van der Waals surface area (Å²) in [6.45, 7) is 1.45. The van der Waals surface area contributed by atoms with Crippen LogP contribution in [0.1, 0.15) is 44.1 Å². The lowest BCUT2D eigenvalue weighted by Gasteiger charge is -2.28. The number of ether oxygens (including phenoxy) is 1. The van der Waals surface area contributed by atoms with Crippen LogP contribution < -0.4 is 21.1 Å². The number of carbonyl (C=O) groups excluding carboxylic acids is 2. The average molecular weight is 359 g/mol. The van der Waals surface area contributed by atoms with Gasteiger partial charge in [-0.1, -0.05) is 24.6 Å². The Labute approximate surface area is 154 Å². The minimum atomic E-state index is -0.197. The number of hydrogen-bond acceptors (Lipinski definition) is 4. The number of benzene rings is 1. The van der Waals surface area contributed by atoms with Gasteiger partial charge in [0, 0.05) is 30.6 Å². The average Bonchev–Trinajstić information content (AvgIpc) is 3.48. The molecule has 1 aromatic carbocycles. The first-order chi connectivity index (χ1) is 12.6. The normalized spacial score (nSPS) is 22.6. The molecule has 0 aromatic heterocycles. The van der Waals surface area contributed by atoms with Gasteiger partial charge in [0.2, 0.25) is 5.91 Å². The number of rotatable bonds is 9. The van der Waals surface area contributed by atoms with E-state index in [9.17, 15) is 9.59 Å². The lowest BCUT2D eigenvalue weighted by molar-refractivity contribution is -0.123. The van der Waals surface area contributed by atoms with Crippen LogP contribution in [-0.2, 0) is 16.1 Å². The highest BCUT2D eigenvalue weighted by Gasteiger charge is 2.25. The Balaban J connectivity index is 1.47.